The Morgan fingerprint density at radius 1 is 1.33 bits per heavy atom. The maximum Gasteiger partial charge on any atom is 0.243 e. The number of thiophene rings is 1. The summed E-state index contributed by atoms with van der Waals surface area (Å²) in [4.78, 5) is 0.402. The molecule has 0 atom stereocenters. The molecule has 6 heteroatoms. The number of halogens is 1. The normalized spacial score (nSPS) is 15.6. The summed E-state index contributed by atoms with van der Waals surface area (Å²) >= 11 is 4.97. The minimum absolute atomic E-state index is 0.147. The van der Waals surface area contributed by atoms with Gasteiger partial charge in [0.05, 0.1) is 4.90 Å². The molecule has 0 unspecified atom stereocenters. The van der Waals surface area contributed by atoms with Crippen LogP contribution < -0.4 is 0 Å². The van der Waals surface area contributed by atoms with E-state index in [1.165, 1.54) is 0 Å². The van der Waals surface area contributed by atoms with Crippen molar-refractivity contribution >= 4 is 37.3 Å². The molecule has 0 saturated heterocycles. The zero-order valence-corrected chi connectivity index (χ0v) is 14.8. The van der Waals surface area contributed by atoms with Gasteiger partial charge in [-0.2, -0.15) is 15.6 Å². The molecule has 1 aromatic carbocycles. The molecule has 0 bridgehead atoms. The third-order valence-corrected chi connectivity index (χ3v) is 6.88. The summed E-state index contributed by atoms with van der Waals surface area (Å²) in [7, 11) is -3.46. The Bertz CT molecular complexity index is 737. The van der Waals surface area contributed by atoms with Crippen LogP contribution in [0.15, 0.2) is 44.4 Å². The van der Waals surface area contributed by atoms with Crippen molar-refractivity contribution in [2.75, 3.05) is 0 Å². The lowest BCUT2D eigenvalue weighted by atomic mass is 10.2. The smallest absolute Gasteiger partial charge is 0.207 e. The Morgan fingerprint density at radius 2 is 2.10 bits per heavy atom. The first-order valence-electron chi connectivity index (χ1n) is 6.77. The Hall–Kier alpha value is -0.690. The van der Waals surface area contributed by atoms with E-state index in [2.05, 4.69) is 15.9 Å². The fourth-order valence-electron chi connectivity index (χ4n) is 2.31. The SMILES string of the molecule is Cc1ccc(Br)cc1S(=O)(=O)N(Cc1ccsc1)C1CC1. The van der Waals surface area contributed by atoms with Crippen molar-refractivity contribution in [3.8, 4) is 0 Å². The summed E-state index contributed by atoms with van der Waals surface area (Å²) < 4.78 is 28.5. The van der Waals surface area contributed by atoms with Gasteiger partial charge in [0.25, 0.3) is 0 Å². The number of nitrogens with zero attached hydrogens (tertiary/aromatic N) is 1. The molecule has 0 spiro atoms. The minimum atomic E-state index is -3.46. The van der Waals surface area contributed by atoms with E-state index in [0.717, 1.165) is 28.4 Å². The van der Waals surface area contributed by atoms with Crippen molar-refractivity contribution in [3.05, 3.63) is 50.6 Å². The van der Waals surface area contributed by atoms with Crippen molar-refractivity contribution < 1.29 is 8.42 Å². The van der Waals surface area contributed by atoms with Crippen molar-refractivity contribution in [2.24, 2.45) is 0 Å². The highest BCUT2D eigenvalue weighted by Crippen LogP contribution is 2.35. The largest absolute Gasteiger partial charge is 0.243 e. The van der Waals surface area contributed by atoms with Crippen molar-refractivity contribution in [1.29, 1.82) is 0 Å². The predicted octanol–water partition coefficient (Wildman–Crippen LogP) is 4.17. The molecule has 3 rings (SSSR count). The highest BCUT2D eigenvalue weighted by Gasteiger charge is 2.38. The molecule has 0 N–H and O–H groups in total. The summed E-state index contributed by atoms with van der Waals surface area (Å²) in [6.07, 6.45) is 1.91. The number of hydrogen-bond acceptors (Lipinski definition) is 3. The molecule has 21 heavy (non-hydrogen) atoms. The molecule has 0 amide bonds. The van der Waals surface area contributed by atoms with Gasteiger partial charge in [0.2, 0.25) is 10.0 Å². The zero-order chi connectivity index (χ0) is 15.0. The predicted molar refractivity (Wildman–Crippen MR) is 88.9 cm³/mol. The number of sulfonamides is 1. The van der Waals surface area contributed by atoms with Crippen LogP contribution in [0.5, 0.6) is 0 Å². The molecule has 0 aliphatic heterocycles. The van der Waals surface area contributed by atoms with E-state index in [9.17, 15) is 8.42 Å². The van der Waals surface area contributed by atoms with Crippen LogP contribution in [0.4, 0.5) is 0 Å². The fourth-order valence-corrected chi connectivity index (χ4v) is 5.41. The Kier molecular flexibility index (Phi) is 4.23. The molecule has 1 aliphatic carbocycles. The molecule has 1 aliphatic rings. The standard InChI is InChI=1S/C15H16BrNO2S2/c1-11-2-3-13(16)8-15(11)21(18,19)17(14-4-5-14)9-12-6-7-20-10-12/h2-3,6-8,10,14H,4-5,9H2,1H3. The van der Waals surface area contributed by atoms with E-state index < -0.39 is 10.0 Å². The first-order chi connectivity index (χ1) is 9.98. The van der Waals surface area contributed by atoms with Crippen molar-refractivity contribution in [3.63, 3.8) is 0 Å². The van der Waals surface area contributed by atoms with Crippen LogP contribution in [0.3, 0.4) is 0 Å². The first kappa shape index (κ1) is 15.2. The van der Waals surface area contributed by atoms with E-state index in [-0.39, 0.29) is 6.04 Å². The summed E-state index contributed by atoms with van der Waals surface area (Å²) in [6.45, 7) is 2.30. The van der Waals surface area contributed by atoms with Gasteiger partial charge in [-0.25, -0.2) is 8.42 Å². The quantitative estimate of drug-likeness (QED) is 0.774. The topological polar surface area (TPSA) is 37.4 Å². The van der Waals surface area contributed by atoms with Crippen LogP contribution in [0.1, 0.15) is 24.0 Å². The van der Waals surface area contributed by atoms with Crippen LogP contribution >= 0.6 is 27.3 Å². The second kappa shape index (κ2) is 5.83. The van der Waals surface area contributed by atoms with Gasteiger partial charge < -0.3 is 0 Å². The highest BCUT2D eigenvalue weighted by molar-refractivity contribution is 9.10. The van der Waals surface area contributed by atoms with Gasteiger partial charge in [0.1, 0.15) is 0 Å². The summed E-state index contributed by atoms with van der Waals surface area (Å²) in [5.41, 5.74) is 1.84. The first-order valence-corrected chi connectivity index (χ1v) is 9.95. The van der Waals surface area contributed by atoms with Gasteiger partial charge in [-0.3, -0.25) is 0 Å². The molecular formula is C15H16BrNO2S2. The van der Waals surface area contributed by atoms with Crippen LogP contribution in [0, 0.1) is 6.92 Å². The van der Waals surface area contributed by atoms with Crippen LogP contribution in [0.25, 0.3) is 0 Å². The summed E-state index contributed by atoms with van der Waals surface area (Å²) in [6, 6.07) is 7.55. The van der Waals surface area contributed by atoms with Gasteiger partial charge in [0.15, 0.2) is 0 Å². The van der Waals surface area contributed by atoms with Crippen LogP contribution in [-0.2, 0) is 16.6 Å². The van der Waals surface area contributed by atoms with Gasteiger partial charge in [0, 0.05) is 17.1 Å². The van der Waals surface area contributed by atoms with Gasteiger partial charge in [-0.05, 0) is 59.9 Å². The Balaban J connectivity index is 1.99. The molecule has 3 nitrogen and oxygen atoms in total. The van der Waals surface area contributed by atoms with Crippen LogP contribution in [0.2, 0.25) is 0 Å². The molecule has 112 valence electrons. The molecule has 1 heterocycles. The van der Waals surface area contributed by atoms with Crippen molar-refractivity contribution in [1.82, 2.24) is 4.31 Å². The maximum absolute atomic E-state index is 13.0. The molecule has 1 aromatic heterocycles. The number of rotatable bonds is 5. The van der Waals surface area contributed by atoms with E-state index in [1.54, 1.807) is 21.7 Å². The van der Waals surface area contributed by atoms with E-state index in [0.29, 0.717) is 11.4 Å². The van der Waals surface area contributed by atoms with E-state index >= 15 is 0 Å². The second-order valence-corrected chi connectivity index (χ2v) is 8.88. The Labute approximate surface area is 137 Å². The summed E-state index contributed by atoms with van der Waals surface area (Å²) in [5, 5.41) is 4.00. The minimum Gasteiger partial charge on any atom is -0.207 e. The van der Waals surface area contributed by atoms with Crippen molar-refractivity contribution in [2.45, 2.75) is 37.2 Å². The maximum atomic E-state index is 13.0. The fraction of sp³-hybridized carbons (Fsp3) is 0.333. The monoisotopic (exact) mass is 385 g/mol. The number of hydrogen-bond donors (Lipinski definition) is 0. The number of benzene rings is 1. The third kappa shape index (κ3) is 3.23. The van der Waals surface area contributed by atoms with Crippen LogP contribution in [-0.4, -0.2) is 18.8 Å². The molecule has 0 radical (unpaired) electrons. The van der Waals surface area contributed by atoms with Gasteiger partial charge in [-0.1, -0.05) is 22.0 Å². The average molecular weight is 386 g/mol. The average Bonchev–Trinajstić information content (AvgIpc) is 3.14. The van der Waals surface area contributed by atoms with E-state index in [4.69, 9.17) is 0 Å². The zero-order valence-electron chi connectivity index (χ0n) is 11.6. The molecular weight excluding hydrogens is 370 g/mol. The summed E-state index contributed by atoms with van der Waals surface area (Å²) in [5.74, 6) is 0. The van der Waals surface area contributed by atoms with E-state index in [1.807, 2.05) is 35.9 Å². The molecule has 1 fully saturated rings. The second-order valence-electron chi connectivity index (χ2n) is 5.32. The van der Waals surface area contributed by atoms with Gasteiger partial charge >= 0.3 is 0 Å². The van der Waals surface area contributed by atoms with Gasteiger partial charge in [-0.15, -0.1) is 0 Å². The lowest BCUT2D eigenvalue weighted by Crippen LogP contribution is -2.33. The Morgan fingerprint density at radius 3 is 2.71 bits per heavy atom. The third-order valence-electron chi connectivity index (χ3n) is 3.61. The number of aryl methyl sites for hydroxylation is 1. The molecule has 2 aromatic rings. The molecule has 1 saturated carbocycles. The lowest BCUT2D eigenvalue weighted by molar-refractivity contribution is 0.399. The highest BCUT2D eigenvalue weighted by atomic mass is 79.9. The lowest BCUT2D eigenvalue weighted by Gasteiger charge is -2.22.